The normalized spacial score (nSPS) is 19.7. The highest BCUT2D eigenvalue weighted by Gasteiger charge is 2.68. The van der Waals surface area contributed by atoms with Crippen molar-refractivity contribution in [2.75, 3.05) is 19.0 Å². The molecule has 2 rings (SSSR count). The fourth-order valence-corrected chi connectivity index (χ4v) is 4.45. The average molecular weight is 375 g/mol. The van der Waals surface area contributed by atoms with Crippen molar-refractivity contribution in [2.45, 2.75) is 48.1 Å². The topological polar surface area (TPSA) is 43.6 Å². The van der Waals surface area contributed by atoms with E-state index in [9.17, 15) is 8.68 Å². The lowest BCUT2D eigenvalue weighted by Crippen LogP contribution is -2.22. The number of carbonyl (C=O) groups excluding carboxylic acids is 1. The second kappa shape index (κ2) is 7.30. The first-order valence-corrected chi connectivity index (χ1v) is 9.91. The SMILES string of the molecule is Cc1sc(=NC(=O)C2C(C)(C)C2(C)C)n(CCOCCSF)c1C. The van der Waals surface area contributed by atoms with Crippen LogP contribution in [0.3, 0.4) is 0 Å². The van der Waals surface area contributed by atoms with E-state index in [1.807, 2.05) is 18.4 Å². The number of rotatable bonds is 7. The number of hydrogen-bond acceptors (Lipinski definition) is 4. The molecule has 24 heavy (non-hydrogen) atoms. The Kier molecular flexibility index (Phi) is 5.98. The van der Waals surface area contributed by atoms with E-state index in [2.05, 4.69) is 32.7 Å². The highest BCUT2D eigenvalue weighted by Crippen LogP contribution is 2.68. The van der Waals surface area contributed by atoms with Gasteiger partial charge in [-0.2, -0.15) is 8.88 Å². The molecule has 1 saturated carbocycles. The molecule has 1 amide bonds. The van der Waals surface area contributed by atoms with E-state index in [1.54, 1.807) is 0 Å². The summed E-state index contributed by atoms with van der Waals surface area (Å²) in [6, 6.07) is 0. The Morgan fingerprint density at radius 3 is 2.46 bits per heavy atom. The van der Waals surface area contributed by atoms with Gasteiger partial charge >= 0.3 is 0 Å². The van der Waals surface area contributed by atoms with Crippen molar-refractivity contribution in [1.29, 1.82) is 0 Å². The van der Waals surface area contributed by atoms with Gasteiger partial charge in [0.05, 0.1) is 19.1 Å². The van der Waals surface area contributed by atoms with Crippen LogP contribution < -0.4 is 4.80 Å². The number of nitrogens with zero attached hydrogens (tertiary/aromatic N) is 2. The Bertz CT molecular complexity index is 663. The fraction of sp³-hybridized carbons (Fsp3) is 0.765. The van der Waals surface area contributed by atoms with Gasteiger partial charge in [-0.3, -0.25) is 4.79 Å². The van der Waals surface area contributed by atoms with E-state index in [1.165, 1.54) is 11.3 Å². The maximum atomic E-state index is 12.6. The van der Waals surface area contributed by atoms with Gasteiger partial charge in [-0.25, -0.2) is 0 Å². The molecule has 0 spiro atoms. The summed E-state index contributed by atoms with van der Waals surface area (Å²) in [6.07, 6.45) is 0. The molecule has 1 aliphatic carbocycles. The average Bonchev–Trinajstić information content (AvgIpc) is 2.75. The molecule has 7 heteroatoms. The number of thiazole rings is 1. The van der Waals surface area contributed by atoms with Gasteiger partial charge in [0.25, 0.3) is 5.91 Å². The van der Waals surface area contributed by atoms with Gasteiger partial charge in [0.15, 0.2) is 4.80 Å². The van der Waals surface area contributed by atoms with Gasteiger partial charge in [-0.05, 0) is 24.7 Å². The quantitative estimate of drug-likeness (QED) is 0.680. The number of aryl methyl sites for hydroxylation is 1. The summed E-state index contributed by atoms with van der Waals surface area (Å²) in [7, 11) is 0. The molecule has 0 saturated heterocycles. The molecule has 0 unspecified atom stereocenters. The number of hydrogen-bond donors (Lipinski definition) is 0. The van der Waals surface area contributed by atoms with Crippen molar-refractivity contribution >= 4 is 29.4 Å². The Balaban J connectivity index is 2.15. The molecule has 136 valence electrons. The molecule has 0 aliphatic heterocycles. The van der Waals surface area contributed by atoms with E-state index in [0.29, 0.717) is 25.5 Å². The van der Waals surface area contributed by atoms with Crippen LogP contribution in [0, 0.1) is 30.6 Å². The Morgan fingerprint density at radius 1 is 1.29 bits per heavy atom. The predicted octanol–water partition coefficient (Wildman–Crippen LogP) is 3.91. The van der Waals surface area contributed by atoms with Crippen LogP contribution in [-0.4, -0.2) is 29.4 Å². The Hall–Kier alpha value is -0.660. The molecule has 0 radical (unpaired) electrons. The van der Waals surface area contributed by atoms with E-state index >= 15 is 0 Å². The molecular formula is C17H27FN2O2S2. The lowest BCUT2D eigenvalue weighted by molar-refractivity contribution is -0.120. The van der Waals surface area contributed by atoms with Crippen LogP contribution >= 0.6 is 23.5 Å². The van der Waals surface area contributed by atoms with Crippen LogP contribution in [0.2, 0.25) is 0 Å². The standard InChI is InChI=1S/C17H27FN2O2S2/c1-11-12(2)24-15(20(11)7-8-22-9-10-23-18)19-14(21)13-16(3,4)17(13,5)6/h13H,7-10H2,1-6H3. The monoisotopic (exact) mass is 374 g/mol. The summed E-state index contributed by atoms with van der Waals surface area (Å²) < 4.78 is 19.5. The van der Waals surface area contributed by atoms with Crippen molar-refractivity contribution in [3.63, 3.8) is 0 Å². The zero-order valence-electron chi connectivity index (χ0n) is 15.3. The third-order valence-electron chi connectivity index (χ3n) is 5.63. The second-order valence-corrected chi connectivity index (χ2v) is 9.24. The van der Waals surface area contributed by atoms with Crippen molar-refractivity contribution in [3.05, 3.63) is 15.4 Å². The molecular weight excluding hydrogens is 347 g/mol. The summed E-state index contributed by atoms with van der Waals surface area (Å²) in [5.41, 5.74) is 1.09. The zero-order valence-corrected chi connectivity index (χ0v) is 16.9. The molecule has 0 N–H and O–H groups in total. The van der Waals surface area contributed by atoms with Gasteiger partial charge in [0, 0.05) is 35.0 Å². The number of amides is 1. The van der Waals surface area contributed by atoms with Crippen LogP contribution in [0.1, 0.15) is 38.3 Å². The molecule has 1 fully saturated rings. The van der Waals surface area contributed by atoms with E-state index < -0.39 is 0 Å². The molecule has 0 atom stereocenters. The third kappa shape index (κ3) is 3.63. The molecule has 1 aromatic rings. The first-order valence-electron chi connectivity index (χ1n) is 8.21. The summed E-state index contributed by atoms with van der Waals surface area (Å²) in [5, 5.41) is 0. The highest BCUT2D eigenvalue weighted by molar-refractivity contribution is 7.94. The molecule has 1 heterocycles. The van der Waals surface area contributed by atoms with E-state index in [0.717, 1.165) is 15.4 Å². The van der Waals surface area contributed by atoms with Crippen molar-refractivity contribution in [2.24, 2.45) is 21.7 Å². The van der Waals surface area contributed by atoms with Gasteiger partial charge in [0.1, 0.15) is 0 Å². The summed E-state index contributed by atoms with van der Waals surface area (Å²) in [4.78, 5) is 19.0. The number of aromatic nitrogens is 1. The first-order chi connectivity index (χ1) is 11.1. The van der Waals surface area contributed by atoms with Crippen LogP contribution in [0.25, 0.3) is 0 Å². The number of halogens is 1. The largest absolute Gasteiger partial charge is 0.379 e. The molecule has 1 aromatic heterocycles. The third-order valence-corrected chi connectivity index (χ3v) is 7.04. The molecule has 1 aliphatic rings. The van der Waals surface area contributed by atoms with E-state index in [4.69, 9.17) is 4.74 Å². The van der Waals surface area contributed by atoms with E-state index in [-0.39, 0.29) is 34.8 Å². The smallest absolute Gasteiger partial charge is 0.252 e. The highest BCUT2D eigenvalue weighted by atomic mass is 32.2. The van der Waals surface area contributed by atoms with Crippen molar-refractivity contribution in [1.82, 2.24) is 4.57 Å². The summed E-state index contributed by atoms with van der Waals surface area (Å²) >= 11 is 1.82. The number of carbonyl (C=O) groups is 1. The summed E-state index contributed by atoms with van der Waals surface area (Å²) in [5.74, 6) is 0.280. The Labute approximate surface area is 151 Å². The first kappa shape index (κ1) is 19.7. The maximum absolute atomic E-state index is 12.6. The van der Waals surface area contributed by atoms with Gasteiger partial charge in [-0.15, -0.1) is 11.3 Å². The number of ether oxygens (including phenoxy) is 1. The summed E-state index contributed by atoms with van der Waals surface area (Å²) in [6.45, 7) is 14.1. The van der Waals surface area contributed by atoms with Crippen LogP contribution in [0.4, 0.5) is 3.89 Å². The van der Waals surface area contributed by atoms with Crippen LogP contribution in [-0.2, 0) is 16.1 Å². The minimum Gasteiger partial charge on any atom is -0.379 e. The van der Waals surface area contributed by atoms with Crippen molar-refractivity contribution < 1.29 is 13.4 Å². The van der Waals surface area contributed by atoms with Crippen molar-refractivity contribution in [3.8, 4) is 0 Å². The van der Waals surface area contributed by atoms with Crippen LogP contribution in [0.5, 0.6) is 0 Å². The minimum absolute atomic E-state index is 0.00704. The molecule has 0 bridgehead atoms. The fourth-order valence-electron chi connectivity index (χ4n) is 3.27. The van der Waals surface area contributed by atoms with Gasteiger partial charge in [-0.1, -0.05) is 27.7 Å². The van der Waals surface area contributed by atoms with Gasteiger partial charge < -0.3 is 9.30 Å². The minimum atomic E-state index is -0.0326. The molecule has 4 nitrogen and oxygen atoms in total. The lowest BCUT2D eigenvalue weighted by atomic mass is 10.0. The zero-order chi connectivity index (χ0) is 18.1. The Morgan fingerprint density at radius 2 is 1.92 bits per heavy atom. The van der Waals surface area contributed by atoms with Crippen LogP contribution in [0.15, 0.2) is 4.99 Å². The molecule has 0 aromatic carbocycles. The maximum Gasteiger partial charge on any atom is 0.252 e. The van der Waals surface area contributed by atoms with Gasteiger partial charge in [0.2, 0.25) is 0 Å². The second-order valence-electron chi connectivity index (χ2n) is 7.43. The predicted molar refractivity (Wildman–Crippen MR) is 97.8 cm³/mol. The lowest BCUT2D eigenvalue weighted by Gasteiger charge is -2.07.